The van der Waals surface area contributed by atoms with Gasteiger partial charge in [0.1, 0.15) is 0 Å². The Hall–Kier alpha value is -2.86. The smallest absolute Gasteiger partial charge is 0.335 e. The van der Waals surface area contributed by atoms with Crippen LogP contribution >= 0.6 is 11.8 Å². The highest BCUT2D eigenvalue weighted by Crippen LogP contribution is 2.33. The summed E-state index contributed by atoms with van der Waals surface area (Å²) in [5, 5.41) is 9.57. The molecule has 132 valence electrons. The number of hydrogen-bond acceptors (Lipinski definition) is 4. The average molecular weight is 366 g/mol. The molecule has 1 saturated heterocycles. The zero-order valence-electron chi connectivity index (χ0n) is 14.7. The van der Waals surface area contributed by atoms with Gasteiger partial charge in [-0.2, -0.15) is 0 Å². The molecule has 5 nitrogen and oxygen atoms in total. The SMILES string of the molecule is Cc1ccc(N=C2SC(=Cc3ccc(C(=O)O)cc3)C(=O)N2C)cc1C. The van der Waals surface area contributed by atoms with Crippen LogP contribution in [0.2, 0.25) is 0 Å². The van der Waals surface area contributed by atoms with Crippen molar-refractivity contribution in [1.82, 2.24) is 4.90 Å². The molecule has 0 aromatic heterocycles. The van der Waals surface area contributed by atoms with Gasteiger partial charge >= 0.3 is 5.97 Å². The summed E-state index contributed by atoms with van der Waals surface area (Å²) in [4.78, 5) is 30.1. The highest BCUT2D eigenvalue weighted by Gasteiger charge is 2.30. The summed E-state index contributed by atoms with van der Waals surface area (Å²) in [5.74, 6) is -1.10. The Bertz CT molecular complexity index is 946. The standard InChI is InChI=1S/C20H18N2O3S/c1-12-4-9-16(10-13(12)2)21-20-22(3)18(23)17(26-20)11-14-5-7-15(8-6-14)19(24)25/h4-11H,1-3H3,(H,24,25). The second kappa shape index (κ2) is 7.17. The van der Waals surface area contributed by atoms with Crippen LogP contribution in [0.4, 0.5) is 5.69 Å². The number of amides is 1. The third-order valence-electron chi connectivity index (χ3n) is 4.17. The van der Waals surface area contributed by atoms with Crippen LogP contribution in [0.25, 0.3) is 6.08 Å². The molecule has 0 spiro atoms. The molecule has 0 bridgehead atoms. The van der Waals surface area contributed by atoms with Crippen molar-refractivity contribution in [2.75, 3.05) is 7.05 Å². The molecule has 0 atom stereocenters. The molecule has 0 unspecified atom stereocenters. The zero-order chi connectivity index (χ0) is 18.8. The number of aryl methyl sites for hydroxylation is 2. The second-order valence-corrected chi connectivity index (χ2v) is 7.07. The minimum absolute atomic E-state index is 0.125. The van der Waals surface area contributed by atoms with Crippen LogP contribution in [0.1, 0.15) is 27.0 Å². The third kappa shape index (κ3) is 3.70. The molecule has 0 aliphatic carbocycles. The Balaban J connectivity index is 1.87. The van der Waals surface area contributed by atoms with E-state index in [4.69, 9.17) is 5.11 Å². The van der Waals surface area contributed by atoms with Gasteiger partial charge in [0, 0.05) is 7.05 Å². The summed E-state index contributed by atoms with van der Waals surface area (Å²) in [6, 6.07) is 12.3. The van der Waals surface area contributed by atoms with Crippen molar-refractivity contribution in [3.63, 3.8) is 0 Å². The van der Waals surface area contributed by atoms with E-state index in [0.29, 0.717) is 10.1 Å². The average Bonchev–Trinajstić information content (AvgIpc) is 2.87. The summed E-state index contributed by atoms with van der Waals surface area (Å²) in [7, 11) is 1.70. The normalized spacial score (nSPS) is 17.3. The lowest BCUT2D eigenvalue weighted by atomic mass is 10.1. The van der Waals surface area contributed by atoms with Crippen molar-refractivity contribution < 1.29 is 14.7 Å². The lowest BCUT2D eigenvalue weighted by Crippen LogP contribution is -2.23. The van der Waals surface area contributed by atoms with Gasteiger partial charge in [0.25, 0.3) is 5.91 Å². The molecule has 0 radical (unpaired) electrons. The van der Waals surface area contributed by atoms with Gasteiger partial charge in [-0.05, 0) is 72.6 Å². The van der Waals surface area contributed by atoms with Gasteiger partial charge in [0.15, 0.2) is 5.17 Å². The first kappa shape index (κ1) is 17.9. The summed E-state index contributed by atoms with van der Waals surface area (Å²) in [5.41, 5.74) is 4.14. The summed E-state index contributed by atoms with van der Waals surface area (Å²) in [6.45, 7) is 4.07. The largest absolute Gasteiger partial charge is 0.478 e. The molecule has 2 aromatic carbocycles. The number of carboxylic acid groups (broad SMARTS) is 1. The minimum atomic E-state index is -0.974. The van der Waals surface area contributed by atoms with Crippen molar-refractivity contribution in [3.8, 4) is 0 Å². The number of carbonyl (C=O) groups excluding carboxylic acids is 1. The highest BCUT2D eigenvalue weighted by atomic mass is 32.2. The highest BCUT2D eigenvalue weighted by molar-refractivity contribution is 8.18. The Morgan fingerprint density at radius 1 is 1.12 bits per heavy atom. The van der Waals surface area contributed by atoms with Crippen LogP contribution in [0, 0.1) is 13.8 Å². The van der Waals surface area contributed by atoms with Gasteiger partial charge < -0.3 is 5.11 Å². The van der Waals surface area contributed by atoms with Gasteiger partial charge in [-0.3, -0.25) is 9.69 Å². The van der Waals surface area contributed by atoms with Crippen molar-refractivity contribution in [2.24, 2.45) is 4.99 Å². The lowest BCUT2D eigenvalue weighted by molar-refractivity contribution is -0.121. The summed E-state index contributed by atoms with van der Waals surface area (Å²) in [6.07, 6.45) is 1.75. The van der Waals surface area contributed by atoms with Crippen LogP contribution < -0.4 is 0 Å². The second-order valence-electron chi connectivity index (χ2n) is 6.06. The molecule has 0 saturated carbocycles. The molecule has 1 amide bonds. The summed E-state index contributed by atoms with van der Waals surface area (Å²) < 4.78 is 0. The van der Waals surface area contributed by atoms with Crippen molar-refractivity contribution in [1.29, 1.82) is 0 Å². The molecule has 3 rings (SSSR count). The van der Waals surface area contributed by atoms with E-state index in [1.54, 1.807) is 25.3 Å². The Labute approximate surface area is 156 Å². The van der Waals surface area contributed by atoms with Crippen LogP contribution in [0.5, 0.6) is 0 Å². The number of benzene rings is 2. The molecule has 1 N–H and O–H groups in total. The Morgan fingerprint density at radius 2 is 1.81 bits per heavy atom. The third-order valence-corrected chi connectivity index (χ3v) is 5.23. The van der Waals surface area contributed by atoms with E-state index >= 15 is 0 Å². The molecule has 1 aliphatic heterocycles. The maximum atomic E-state index is 12.5. The molecular formula is C20H18N2O3S. The Kier molecular flexibility index (Phi) is 4.95. The fraction of sp³-hybridized carbons (Fsp3) is 0.150. The van der Waals surface area contributed by atoms with Gasteiger partial charge in [0.2, 0.25) is 0 Å². The maximum Gasteiger partial charge on any atom is 0.335 e. The first-order valence-corrected chi connectivity index (χ1v) is 8.83. The van der Waals surface area contributed by atoms with Crippen LogP contribution in [0.3, 0.4) is 0 Å². The molecule has 1 aliphatic rings. The minimum Gasteiger partial charge on any atom is -0.478 e. The van der Waals surface area contributed by atoms with E-state index in [1.807, 2.05) is 32.0 Å². The molecule has 2 aromatic rings. The number of carbonyl (C=O) groups is 2. The number of nitrogens with zero attached hydrogens (tertiary/aromatic N) is 2. The van der Waals surface area contributed by atoms with Crippen LogP contribution in [-0.4, -0.2) is 34.1 Å². The van der Waals surface area contributed by atoms with Crippen LogP contribution in [-0.2, 0) is 4.79 Å². The molecule has 1 heterocycles. The molecule has 6 heteroatoms. The molecule has 26 heavy (non-hydrogen) atoms. The lowest BCUT2D eigenvalue weighted by Gasteiger charge is -2.08. The fourth-order valence-corrected chi connectivity index (χ4v) is 3.42. The fourth-order valence-electron chi connectivity index (χ4n) is 2.43. The predicted molar refractivity (Wildman–Crippen MR) is 105 cm³/mol. The first-order chi connectivity index (χ1) is 12.3. The molecule has 1 fully saturated rings. The van der Waals surface area contributed by atoms with E-state index in [2.05, 4.69) is 4.99 Å². The van der Waals surface area contributed by atoms with E-state index in [0.717, 1.165) is 16.8 Å². The molecular weight excluding hydrogens is 348 g/mol. The number of aliphatic imine (C=N–C) groups is 1. The quantitative estimate of drug-likeness (QED) is 0.825. The van der Waals surface area contributed by atoms with E-state index in [-0.39, 0.29) is 11.5 Å². The van der Waals surface area contributed by atoms with Gasteiger partial charge in [-0.1, -0.05) is 18.2 Å². The number of thioether (sulfide) groups is 1. The number of rotatable bonds is 3. The number of carboxylic acids is 1. The van der Waals surface area contributed by atoms with Crippen molar-refractivity contribution in [3.05, 3.63) is 69.6 Å². The topological polar surface area (TPSA) is 70.0 Å². The maximum absolute atomic E-state index is 12.5. The zero-order valence-corrected chi connectivity index (χ0v) is 15.5. The van der Waals surface area contributed by atoms with E-state index < -0.39 is 5.97 Å². The van der Waals surface area contributed by atoms with E-state index in [1.165, 1.54) is 34.4 Å². The monoisotopic (exact) mass is 366 g/mol. The Morgan fingerprint density at radius 3 is 2.42 bits per heavy atom. The van der Waals surface area contributed by atoms with Gasteiger partial charge in [0.05, 0.1) is 16.2 Å². The number of aromatic carboxylic acids is 1. The van der Waals surface area contributed by atoms with Gasteiger partial charge in [-0.15, -0.1) is 0 Å². The van der Waals surface area contributed by atoms with Crippen molar-refractivity contribution >= 4 is 40.6 Å². The van der Waals surface area contributed by atoms with Gasteiger partial charge in [-0.25, -0.2) is 9.79 Å². The first-order valence-electron chi connectivity index (χ1n) is 8.02. The van der Waals surface area contributed by atoms with Crippen LogP contribution in [0.15, 0.2) is 52.4 Å². The number of hydrogen-bond donors (Lipinski definition) is 1. The van der Waals surface area contributed by atoms with Crippen molar-refractivity contribution in [2.45, 2.75) is 13.8 Å². The summed E-state index contributed by atoms with van der Waals surface area (Å²) >= 11 is 1.31. The predicted octanol–water partition coefficient (Wildman–Crippen LogP) is 4.24. The number of amidine groups is 1. The van der Waals surface area contributed by atoms with E-state index in [9.17, 15) is 9.59 Å². The number of likely N-dealkylation sites (N-methyl/N-ethyl adjacent to an activating group) is 1.